The van der Waals surface area contributed by atoms with Crippen molar-refractivity contribution in [1.29, 1.82) is 0 Å². The zero-order valence-corrected chi connectivity index (χ0v) is 13.2. The normalized spacial score (nSPS) is 20.6. The molecular weight excluding hydrogens is 292 g/mol. The topological polar surface area (TPSA) is 21.3 Å². The summed E-state index contributed by atoms with van der Waals surface area (Å²) in [5.74, 6) is 0. The van der Waals surface area contributed by atoms with Crippen LogP contribution in [0.4, 0.5) is 0 Å². The Morgan fingerprint density at radius 2 is 2.25 bits per heavy atom. The number of halogens is 1. The van der Waals surface area contributed by atoms with E-state index in [-0.39, 0.29) is 0 Å². The van der Waals surface area contributed by atoms with Crippen LogP contribution in [0.5, 0.6) is 0 Å². The molecule has 3 nitrogen and oxygen atoms in total. The van der Waals surface area contributed by atoms with Gasteiger partial charge in [-0.05, 0) is 49.7 Å². The van der Waals surface area contributed by atoms with E-state index in [9.17, 15) is 0 Å². The minimum atomic E-state index is 0.530. The number of oxazole rings is 1. The number of benzene rings is 1. The molecule has 1 aromatic carbocycles. The second-order valence-electron chi connectivity index (χ2n) is 5.42. The van der Waals surface area contributed by atoms with E-state index in [4.69, 9.17) is 28.2 Å². The van der Waals surface area contributed by atoms with Crippen LogP contribution in [0.25, 0.3) is 11.1 Å². The van der Waals surface area contributed by atoms with Crippen molar-refractivity contribution in [3.05, 3.63) is 28.1 Å². The number of fused-ring (bicyclic) bond motifs is 1. The summed E-state index contributed by atoms with van der Waals surface area (Å²) in [4.78, 5) is 3.04. The molecule has 0 unspecified atom stereocenters. The van der Waals surface area contributed by atoms with Crippen LogP contribution < -0.4 is 0 Å². The highest BCUT2D eigenvalue weighted by molar-refractivity contribution is 7.71. The monoisotopic (exact) mass is 310 g/mol. The fourth-order valence-corrected chi connectivity index (χ4v) is 3.47. The Kier molecular flexibility index (Phi) is 4.15. The first-order chi connectivity index (χ1) is 9.69. The van der Waals surface area contributed by atoms with Crippen LogP contribution in [0.2, 0.25) is 5.02 Å². The lowest BCUT2D eigenvalue weighted by Gasteiger charge is -2.35. The van der Waals surface area contributed by atoms with Gasteiger partial charge in [0.1, 0.15) is 0 Å². The molecule has 2 heterocycles. The smallest absolute Gasteiger partial charge is 0.270 e. The maximum atomic E-state index is 6.10. The van der Waals surface area contributed by atoms with Gasteiger partial charge in [-0.2, -0.15) is 0 Å². The highest BCUT2D eigenvalue weighted by Gasteiger charge is 2.22. The predicted octanol–water partition coefficient (Wildman–Crippen LogP) is 4.84. The minimum absolute atomic E-state index is 0.530. The number of piperidine rings is 1. The summed E-state index contributed by atoms with van der Waals surface area (Å²) in [6.07, 6.45) is 5.06. The summed E-state index contributed by atoms with van der Waals surface area (Å²) in [5, 5.41) is 0.715. The second kappa shape index (κ2) is 5.88. The zero-order chi connectivity index (χ0) is 14.1. The van der Waals surface area contributed by atoms with Gasteiger partial charge in [-0.25, -0.2) is 0 Å². The van der Waals surface area contributed by atoms with E-state index in [1.807, 2.05) is 18.2 Å². The number of nitrogens with zero attached hydrogens (tertiary/aromatic N) is 2. The van der Waals surface area contributed by atoms with Crippen molar-refractivity contribution in [2.45, 2.75) is 45.3 Å². The molecule has 1 atom stereocenters. The lowest BCUT2D eigenvalue weighted by molar-refractivity contribution is 0.107. The molecule has 20 heavy (non-hydrogen) atoms. The van der Waals surface area contributed by atoms with Crippen LogP contribution in [0, 0.1) is 4.84 Å². The van der Waals surface area contributed by atoms with Crippen LogP contribution in [0.1, 0.15) is 32.6 Å². The molecule has 1 aliphatic heterocycles. The molecule has 0 N–H and O–H groups in total. The van der Waals surface area contributed by atoms with Gasteiger partial charge in [0.15, 0.2) is 5.58 Å². The third-order valence-electron chi connectivity index (χ3n) is 4.17. The molecule has 1 aliphatic rings. The highest BCUT2D eigenvalue weighted by Crippen LogP contribution is 2.25. The fourth-order valence-electron chi connectivity index (χ4n) is 3.06. The Hall–Kier alpha value is -0.840. The molecule has 0 bridgehead atoms. The molecule has 2 aromatic rings. The average Bonchev–Trinajstić information content (AvgIpc) is 2.76. The molecule has 0 amide bonds. The van der Waals surface area contributed by atoms with Crippen molar-refractivity contribution in [2.24, 2.45) is 0 Å². The minimum Gasteiger partial charge on any atom is -0.429 e. The van der Waals surface area contributed by atoms with E-state index in [0.717, 1.165) is 24.3 Å². The van der Waals surface area contributed by atoms with Crippen molar-refractivity contribution in [3.63, 3.8) is 0 Å². The van der Waals surface area contributed by atoms with Crippen LogP contribution in [-0.2, 0) is 6.67 Å². The number of rotatable bonds is 3. The molecule has 108 valence electrons. The van der Waals surface area contributed by atoms with Crippen LogP contribution in [0.3, 0.4) is 0 Å². The first-order valence-corrected chi connectivity index (χ1v) is 8.00. The quantitative estimate of drug-likeness (QED) is 0.757. The molecule has 0 spiro atoms. The SMILES string of the molecule is CC[C@@H]1CCCCN1Cn1c(=S)oc2ccc(Cl)cc21. The summed E-state index contributed by atoms with van der Waals surface area (Å²) in [6.45, 7) is 4.19. The average molecular weight is 311 g/mol. The van der Waals surface area contributed by atoms with Gasteiger partial charge in [0.25, 0.3) is 4.84 Å². The van der Waals surface area contributed by atoms with Gasteiger partial charge in [0, 0.05) is 17.6 Å². The Morgan fingerprint density at radius 3 is 3.05 bits per heavy atom. The summed E-state index contributed by atoms with van der Waals surface area (Å²) in [5.41, 5.74) is 1.80. The van der Waals surface area contributed by atoms with Gasteiger partial charge in [0.2, 0.25) is 0 Å². The Labute approximate surface area is 129 Å². The summed E-state index contributed by atoms with van der Waals surface area (Å²) in [6, 6.07) is 6.30. The lowest BCUT2D eigenvalue weighted by Crippen LogP contribution is -2.40. The van der Waals surface area contributed by atoms with Gasteiger partial charge in [-0.15, -0.1) is 0 Å². The highest BCUT2D eigenvalue weighted by atomic mass is 35.5. The molecule has 1 saturated heterocycles. The third-order valence-corrected chi connectivity index (χ3v) is 4.71. The Bertz CT molecular complexity index is 663. The number of hydrogen-bond donors (Lipinski definition) is 0. The van der Waals surface area contributed by atoms with E-state index in [1.165, 1.54) is 25.7 Å². The van der Waals surface area contributed by atoms with E-state index >= 15 is 0 Å². The maximum absolute atomic E-state index is 6.10. The first-order valence-electron chi connectivity index (χ1n) is 7.22. The van der Waals surface area contributed by atoms with E-state index in [1.54, 1.807) is 0 Å². The zero-order valence-electron chi connectivity index (χ0n) is 11.6. The molecule has 0 aliphatic carbocycles. The first kappa shape index (κ1) is 14.1. The predicted molar refractivity (Wildman–Crippen MR) is 84.7 cm³/mol. The molecule has 5 heteroatoms. The van der Waals surface area contributed by atoms with Gasteiger partial charge in [-0.1, -0.05) is 24.9 Å². The second-order valence-corrected chi connectivity index (χ2v) is 6.21. The summed E-state index contributed by atoms with van der Waals surface area (Å²) < 4.78 is 7.72. The number of likely N-dealkylation sites (tertiary alicyclic amines) is 1. The van der Waals surface area contributed by atoms with Crippen LogP contribution in [-0.4, -0.2) is 22.1 Å². The molecular formula is C15H19ClN2OS. The van der Waals surface area contributed by atoms with Gasteiger partial charge in [0.05, 0.1) is 12.2 Å². The number of aromatic nitrogens is 1. The standard InChI is InChI=1S/C15H19ClN2OS/c1-2-12-5-3-4-8-17(12)10-18-13-9-11(16)6-7-14(13)19-15(18)20/h6-7,9,12H,2-5,8,10H2,1H3/t12-/m1/s1. The van der Waals surface area contributed by atoms with E-state index < -0.39 is 0 Å². The molecule has 1 fully saturated rings. The number of hydrogen-bond acceptors (Lipinski definition) is 3. The largest absolute Gasteiger partial charge is 0.429 e. The maximum Gasteiger partial charge on any atom is 0.270 e. The summed E-state index contributed by atoms with van der Waals surface area (Å²) >= 11 is 11.5. The van der Waals surface area contributed by atoms with Crippen molar-refractivity contribution in [2.75, 3.05) is 6.54 Å². The van der Waals surface area contributed by atoms with Crippen molar-refractivity contribution in [1.82, 2.24) is 9.47 Å². The molecule has 0 radical (unpaired) electrons. The van der Waals surface area contributed by atoms with Crippen LogP contribution in [0.15, 0.2) is 22.6 Å². The molecule has 0 saturated carbocycles. The third kappa shape index (κ3) is 2.65. The van der Waals surface area contributed by atoms with Gasteiger partial charge < -0.3 is 4.42 Å². The van der Waals surface area contributed by atoms with Crippen LogP contribution >= 0.6 is 23.8 Å². The van der Waals surface area contributed by atoms with Gasteiger partial charge >= 0.3 is 0 Å². The Balaban J connectivity index is 1.95. The Morgan fingerprint density at radius 1 is 1.40 bits per heavy atom. The van der Waals surface area contributed by atoms with E-state index in [0.29, 0.717) is 15.9 Å². The fraction of sp³-hybridized carbons (Fsp3) is 0.533. The lowest BCUT2D eigenvalue weighted by atomic mass is 10.0. The summed E-state index contributed by atoms with van der Waals surface area (Å²) in [7, 11) is 0. The van der Waals surface area contributed by atoms with E-state index in [2.05, 4.69) is 16.4 Å². The molecule has 1 aromatic heterocycles. The molecule has 3 rings (SSSR count). The van der Waals surface area contributed by atoms with Crippen molar-refractivity contribution in [3.8, 4) is 0 Å². The van der Waals surface area contributed by atoms with Crippen molar-refractivity contribution >= 4 is 34.9 Å². The van der Waals surface area contributed by atoms with Gasteiger partial charge in [-0.3, -0.25) is 9.47 Å². The van der Waals surface area contributed by atoms with Crippen molar-refractivity contribution < 1.29 is 4.42 Å².